The summed E-state index contributed by atoms with van der Waals surface area (Å²) in [6.45, 7) is 2.91. The first-order valence-electron chi connectivity index (χ1n) is 10.7. The monoisotopic (exact) mass is 423 g/mol. The predicted molar refractivity (Wildman–Crippen MR) is 111 cm³/mol. The summed E-state index contributed by atoms with van der Waals surface area (Å²) in [5.74, 6) is -0.110. The summed E-state index contributed by atoms with van der Waals surface area (Å²) in [7, 11) is 0. The van der Waals surface area contributed by atoms with Crippen LogP contribution in [0.5, 0.6) is 0 Å². The van der Waals surface area contributed by atoms with Crippen LogP contribution in [0.3, 0.4) is 0 Å². The summed E-state index contributed by atoms with van der Waals surface area (Å²) in [4.78, 5) is 39.7. The number of hydrogen-bond donors (Lipinski definition) is 3. The van der Waals surface area contributed by atoms with E-state index in [2.05, 4.69) is 26.1 Å². The zero-order valence-electron chi connectivity index (χ0n) is 17.1. The van der Waals surface area contributed by atoms with E-state index >= 15 is 0 Å². The predicted octanol–water partition coefficient (Wildman–Crippen LogP) is 0.576. The first-order valence-corrected chi connectivity index (χ1v) is 10.7. The smallest absolute Gasteiger partial charge is 0.255 e. The third-order valence-corrected chi connectivity index (χ3v) is 6.21. The van der Waals surface area contributed by atoms with Crippen LogP contribution in [0.25, 0.3) is 0 Å². The number of benzene rings is 1. The van der Waals surface area contributed by atoms with Crippen molar-refractivity contribution in [1.82, 2.24) is 30.5 Å². The molecule has 0 radical (unpaired) electrons. The highest BCUT2D eigenvalue weighted by Gasteiger charge is 2.39. The molecule has 1 atom stereocenters. The largest absolute Gasteiger partial charge is 0.363 e. The third kappa shape index (κ3) is 3.90. The highest BCUT2D eigenvalue weighted by Crippen LogP contribution is 2.28. The van der Waals surface area contributed by atoms with Gasteiger partial charge in [0, 0.05) is 25.1 Å². The number of nitrogens with one attached hydrogen (secondary N) is 3. The maximum absolute atomic E-state index is 12.8. The molecule has 0 saturated carbocycles. The number of fused-ring (bicyclic) bond motifs is 1. The lowest BCUT2D eigenvalue weighted by atomic mass is 10.0. The second kappa shape index (κ2) is 8.10. The van der Waals surface area contributed by atoms with E-state index in [0.717, 1.165) is 42.9 Å². The number of rotatable bonds is 5. The Morgan fingerprint density at radius 2 is 1.97 bits per heavy atom. The number of carbonyl (C=O) groups is 3. The second-order valence-electron chi connectivity index (χ2n) is 8.28. The van der Waals surface area contributed by atoms with Crippen molar-refractivity contribution in [3.05, 3.63) is 41.1 Å². The molecule has 5 rings (SSSR count). The molecule has 0 spiro atoms. The van der Waals surface area contributed by atoms with Gasteiger partial charge in [-0.25, -0.2) is 0 Å². The van der Waals surface area contributed by atoms with Crippen LogP contribution in [-0.4, -0.2) is 56.7 Å². The second-order valence-corrected chi connectivity index (χ2v) is 8.28. The van der Waals surface area contributed by atoms with Gasteiger partial charge in [0.25, 0.3) is 5.91 Å². The Hall–Kier alpha value is -3.27. The van der Waals surface area contributed by atoms with Crippen molar-refractivity contribution in [1.29, 1.82) is 0 Å². The SMILES string of the molecule is O=C1CCC(N2Cc3cc(CNc4cnn(C5CCNCC5)n4)ccc3C2=O)C(=O)N1. The quantitative estimate of drug-likeness (QED) is 0.602. The molecule has 10 heteroatoms. The van der Waals surface area contributed by atoms with Crippen molar-refractivity contribution in [2.45, 2.75) is 50.9 Å². The highest BCUT2D eigenvalue weighted by molar-refractivity contribution is 6.05. The minimum absolute atomic E-state index is 0.158. The summed E-state index contributed by atoms with van der Waals surface area (Å²) < 4.78 is 0. The minimum Gasteiger partial charge on any atom is -0.363 e. The molecular formula is C21H25N7O3. The van der Waals surface area contributed by atoms with Gasteiger partial charge in [0.15, 0.2) is 5.82 Å². The summed E-state index contributed by atoms with van der Waals surface area (Å²) in [5.41, 5.74) is 2.53. The van der Waals surface area contributed by atoms with E-state index < -0.39 is 11.9 Å². The zero-order valence-corrected chi connectivity index (χ0v) is 17.1. The highest BCUT2D eigenvalue weighted by atomic mass is 16.2. The molecule has 31 heavy (non-hydrogen) atoms. The van der Waals surface area contributed by atoms with Gasteiger partial charge in [0.2, 0.25) is 11.8 Å². The Bertz CT molecular complexity index is 1030. The summed E-state index contributed by atoms with van der Waals surface area (Å²) in [6.07, 6.45) is 4.41. The molecule has 2 fully saturated rings. The van der Waals surface area contributed by atoms with Crippen LogP contribution in [-0.2, 0) is 22.7 Å². The van der Waals surface area contributed by atoms with E-state index in [1.165, 1.54) is 0 Å². The number of nitrogens with zero attached hydrogens (tertiary/aromatic N) is 4. The fraction of sp³-hybridized carbons (Fsp3) is 0.476. The molecule has 1 unspecified atom stereocenters. The van der Waals surface area contributed by atoms with E-state index in [1.54, 1.807) is 15.9 Å². The zero-order chi connectivity index (χ0) is 21.4. The molecule has 0 bridgehead atoms. The lowest BCUT2D eigenvalue weighted by Crippen LogP contribution is -2.52. The Morgan fingerprint density at radius 3 is 2.77 bits per heavy atom. The fourth-order valence-electron chi connectivity index (χ4n) is 4.50. The van der Waals surface area contributed by atoms with Crippen molar-refractivity contribution in [2.75, 3.05) is 18.4 Å². The molecule has 1 aromatic carbocycles. The van der Waals surface area contributed by atoms with Gasteiger partial charge >= 0.3 is 0 Å². The normalized spacial score (nSPS) is 21.9. The first-order chi connectivity index (χ1) is 15.1. The molecule has 0 aliphatic carbocycles. The van der Waals surface area contributed by atoms with Crippen LogP contribution in [0.1, 0.15) is 53.2 Å². The van der Waals surface area contributed by atoms with Crippen LogP contribution in [0.2, 0.25) is 0 Å². The van der Waals surface area contributed by atoms with Crippen LogP contribution < -0.4 is 16.0 Å². The van der Waals surface area contributed by atoms with Gasteiger partial charge in [-0.05, 0) is 49.5 Å². The molecule has 3 amide bonds. The Labute approximate surface area is 179 Å². The number of piperidine rings is 2. The fourth-order valence-corrected chi connectivity index (χ4v) is 4.50. The van der Waals surface area contributed by atoms with Crippen LogP contribution in [0.15, 0.2) is 24.4 Å². The molecular weight excluding hydrogens is 398 g/mol. The number of amides is 3. The summed E-state index contributed by atoms with van der Waals surface area (Å²) in [5, 5.41) is 17.9. The van der Waals surface area contributed by atoms with Crippen molar-refractivity contribution in [2.24, 2.45) is 0 Å². The van der Waals surface area contributed by atoms with Gasteiger partial charge in [-0.3, -0.25) is 19.7 Å². The topological polar surface area (TPSA) is 121 Å². The van der Waals surface area contributed by atoms with Crippen LogP contribution in [0, 0.1) is 0 Å². The average molecular weight is 423 g/mol. The number of carbonyl (C=O) groups excluding carboxylic acids is 3. The lowest BCUT2D eigenvalue weighted by Gasteiger charge is -2.29. The van der Waals surface area contributed by atoms with Crippen molar-refractivity contribution in [3.8, 4) is 0 Å². The van der Waals surface area contributed by atoms with E-state index in [1.807, 2.05) is 18.2 Å². The molecule has 4 heterocycles. The van der Waals surface area contributed by atoms with Gasteiger partial charge in [0.05, 0.1) is 12.2 Å². The summed E-state index contributed by atoms with van der Waals surface area (Å²) >= 11 is 0. The molecule has 2 aromatic rings. The Morgan fingerprint density at radius 1 is 1.13 bits per heavy atom. The Kier molecular flexibility index (Phi) is 5.14. The van der Waals surface area contributed by atoms with E-state index in [9.17, 15) is 14.4 Å². The summed E-state index contributed by atoms with van der Waals surface area (Å²) in [6, 6.07) is 5.45. The molecule has 3 aliphatic rings. The lowest BCUT2D eigenvalue weighted by molar-refractivity contribution is -0.136. The van der Waals surface area contributed by atoms with E-state index in [-0.39, 0.29) is 18.2 Å². The third-order valence-electron chi connectivity index (χ3n) is 6.21. The van der Waals surface area contributed by atoms with E-state index in [4.69, 9.17) is 0 Å². The molecule has 3 aliphatic heterocycles. The van der Waals surface area contributed by atoms with E-state index in [0.29, 0.717) is 31.1 Å². The van der Waals surface area contributed by atoms with Gasteiger partial charge in [-0.15, -0.1) is 5.10 Å². The number of imide groups is 1. The molecule has 10 nitrogen and oxygen atoms in total. The van der Waals surface area contributed by atoms with Crippen LogP contribution in [0.4, 0.5) is 5.82 Å². The molecule has 162 valence electrons. The van der Waals surface area contributed by atoms with Crippen molar-refractivity contribution < 1.29 is 14.4 Å². The van der Waals surface area contributed by atoms with Crippen LogP contribution >= 0.6 is 0 Å². The standard InChI is InChI=1S/C21H25N7O3/c29-19-4-3-17(20(30)25-19)27-12-14-9-13(1-2-16(14)21(27)31)10-23-18-11-24-28(26-18)15-5-7-22-8-6-15/h1-2,9,11,15,17,22H,3-8,10,12H2,(H,23,26)(H,25,29,30). The molecule has 1 aromatic heterocycles. The average Bonchev–Trinajstić information content (AvgIpc) is 3.38. The van der Waals surface area contributed by atoms with Gasteiger partial charge in [-0.2, -0.15) is 9.90 Å². The first kappa shape index (κ1) is 19.7. The van der Waals surface area contributed by atoms with Gasteiger partial charge in [-0.1, -0.05) is 12.1 Å². The number of aromatic nitrogens is 3. The van der Waals surface area contributed by atoms with Crippen molar-refractivity contribution in [3.63, 3.8) is 0 Å². The maximum Gasteiger partial charge on any atom is 0.255 e. The number of anilines is 1. The van der Waals surface area contributed by atoms with Gasteiger partial charge < -0.3 is 15.5 Å². The maximum atomic E-state index is 12.8. The van der Waals surface area contributed by atoms with Gasteiger partial charge in [0.1, 0.15) is 6.04 Å². The Balaban J connectivity index is 1.23. The minimum atomic E-state index is -0.593. The molecule has 3 N–H and O–H groups in total. The number of hydrogen-bond acceptors (Lipinski definition) is 7. The van der Waals surface area contributed by atoms with Crippen molar-refractivity contribution >= 4 is 23.5 Å². The molecule has 2 saturated heterocycles.